The highest BCUT2D eigenvalue weighted by Crippen LogP contribution is 2.24. The van der Waals surface area contributed by atoms with Crippen LogP contribution in [0.3, 0.4) is 0 Å². The van der Waals surface area contributed by atoms with Crippen LogP contribution >= 0.6 is 0 Å². The lowest BCUT2D eigenvalue weighted by molar-refractivity contribution is 0.0573. The van der Waals surface area contributed by atoms with Gasteiger partial charge in [-0.15, -0.1) is 0 Å². The second-order valence-corrected chi connectivity index (χ2v) is 5.48. The lowest BCUT2D eigenvalue weighted by Crippen LogP contribution is -2.49. The summed E-state index contributed by atoms with van der Waals surface area (Å²) in [6, 6.07) is 7.55. The number of carbonyl (C=O) groups excluding carboxylic acids is 1. The van der Waals surface area contributed by atoms with Crippen molar-refractivity contribution in [2.24, 2.45) is 11.7 Å². The first kappa shape index (κ1) is 14.9. The maximum absolute atomic E-state index is 12.6. The van der Waals surface area contributed by atoms with Crippen molar-refractivity contribution in [1.82, 2.24) is 4.90 Å². The molecule has 20 heavy (non-hydrogen) atoms. The number of nitrogens with two attached hydrogens (primary N) is 1. The summed E-state index contributed by atoms with van der Waals surface area (Å²) in [7, 11) is 0. The molecular weight excluding hydrogens is 252 g/mol. The average Bonchev–Trinajstić information content (AvgIpc) is 2.47. The van der Waals surface area contributed by atoms with E-state index < -0.39 is 0 Å². The van der Waals surface area contributed by atoms with Crippen molar-refractivity contribution in [2.75, 3.05) is 19.7 Å². The van der Waals surface area contributed by atoms with Crippen LogP contribution in [0.25, 0.3) is 0 Å². The first-order chi connectivity index (χ1) is 9.65. The molecule has 1 aliphatic rings. The topological polar surface area (TPSA) is 55.6 Å². The fourth-order valence-corrected chi connectivity index (χ4v) is 2.79. The van der Waals surface area contributed by atoms with E-state index in [0.717, 1.165) is 25.1 Å². The molecule has 110 valence electrons. The summed E-state index contributed by atoms with van der Waals surface area (Å²) < 4.78 is 5.46. The first-order valence-electron chi connectivity index (χ1n) is 7.39. The van der Waals surface area contributed by atoms with Gasteiger partial charge in [0.05, 0.1) is 6.61 Å². The van der Waals surface area contributed by atoms with E-state index in [4.69, 9.17) is 10.5 Å². The van der Waals surface area contributed by atoms with Crippen molar-refractivity contribution < 1.29 is 9.53 Å². The number of hydrogen-bond donors (Lipinski definition) is 1. The maximum atomic E-state index is 12.6. The molecule has 1 amide bonds. The van der Waals surface area contributed by atoms with Gasteiger partial charge in [0.1, 0.15) is 5.75 Å². The second-order valence-electron chi connectivity index (χ2n) is 5.48. The molecule has 4 heteroatoms. The number of hydrogen-bond acceptors (Lipinski definition) is 3. The van der Waals surface area contributed by atoms with Crippen molar-refractivity contribution in [3.8, 4) is 5.75 Å². The maximum Gasteiger partial charge on any atom is 0.254 e. The summed E-state index contributed by atoms with van der Waals surface area (Å²) in [5.74, 6) is 1.45. The molecular formula is C16H24N2O2. The minimum atomic E-state index is 0.0638. The smallest absolute Gasteiger partial charge is 0.254 e. The third kappa shape index (κ3) is 3.31. The third-order valence-electron chi connectivity index (χ3n) is 3.90. The van der Waals surface area contributed by atoms with Crippen LogP contribution in [0.4, 0.5) is 0 Å². The van der Waals surface area contributed by atoms with Gasteiger partial charge < -0.3 is 15.4 Å². The van der Waals surface area contributed by atoms with Gasteiger partial charge >= 0.3 is 0 Å². The fourth-order valence-electron chi connectivity index (χ4n) is 2.79. The first-order valence-corrected chi connectivity index (χ1v) is 7.39. The molecule has 0 bridgehead atoms. The number of likely N-dealkylation sites (tertiary alicyclic amines) is 1. The van der Waals surface area contributed by atoms with E-state index in [0.29, 0.717) is 24.6 Å². The zero-order valence-corrected chi connectivity index (χ0v) is 12.3. The molecule has 2 rings (SSSR count). The van der Waals surface area contributed by atoms with Crippen molar-refractivity contribution >= 4 is 5.91 Å². The molecule has 2 unspecified atom stereocenters. The Morgan fingerprint density at radius 1 is 1.50 bits per heavy atom. The molecule has 0 saturated carbocycles. The van der Waals surface area contributed by atoms with Crippen LogP contribution in [-0.2, 0) is 0 Å². The monoisotopic (exact) mass is 276 g/mol. The molecule has 2 atom stereocenters. The van der Waals surface area contributed by atoms with Crippen molar-refractivity contribution in [2.45, 2.75) is 32.7 Å². The Hall–Kier alpha value is -1.55. The highest BCUT2D eigenvalue weighted by atomic mass is 16.5. The average molecular weight is 276 g/mol. The van der Waals surface area contributed by atoms with Gasteiger partial charge in [-0.05, 0) is 43.9 Å². The predicted molar refractivity (Wildman–Crippen MR) is 79.9 cm³/mol. The summed E-state index contributed by atoms with van der Waals surface area (Å²) in [5, 5.41) is 0. The Morgan fingerprint density at radius 3 is 3.00 bits per heavy atom. The molecule has 0 spiro atoms. The minimum absolute atomic E-state index is 0.0638. The summed E-state index contributed by atoms with van der Waals surface area (Å²) in [4.78, 5) is 14.6. The largest absolute Gasteiger partial charge is 0.494 e. The van der Waals surface area contributed by atoms with Gasteiger partial charge in [-0.3, -0.25) is 4.79 Å². The standard InChI is InChI=1S/C16H24N2O2/c1-3-20-15-6-4-5-13(10-15)16(19)18-8-7-12(2)9-14(18)11-17/h4-6,10,12,14H,3,7-9,11,17H2,1-2H3. The van der Waals surface area contributed by atoms with Gasteiger partial charge in [0.15, 0.2) is 0 Å². The van der Waals surface area contributed by atoms with Gasteiger partial charge in [0.25, 0.3) is 5.91 Å². The third-order valence-corrected chi connectivity index (χ3v) is 3.90. The van der Waals surface area contributed by atoms with E-state index in [-0.39, 0.29) is 11.9 Å². The van der Waals surface area contributed by atoms with Crippen LogP contribution in [0.15, 0.2) is 24.3 Å². The van der Waals surface area contributed by atoms with Gasteiger partial charge in [0, 0.05) is 24.7 Å². The van der Waals surface area contributed by atoms with Crippen LogP contribution in [0.1, 0.15) is 37.0 Å². The minimum Gasteiger partial charge on any atom is -0.494 e. The lowest BCUT2D eigenvalue weighted by atomic mass is 9.92. The Labute approximate surface area is 120 Å². The number of ether oxygens (including phenoxy) is 1. The van der Waals surface area contributed by atoms with E-state index >= 15 is 0 Å². The van der Waals surface area contributed by atoms with E-state index in [1.807, 2.05) is 36.1 Å². The fraction of sp³-hybridized carbons (Fsp3) is 0.562. The van der Waals surface area contributed by atoms with E-state index in [1.54, 1.807) is 0 Å². The second kappa shape index (κ2) is 6.75. The summed E-state index contributed by atoms with van der Waals surface area (Å²) >= 11 is 0. The van der Waals surface area contributed by atoms with E-state index in [9.17, 15) is 4.79 Å². The zero-order valence-electron chi connectivity index (χ0n) is 12.3. The molecule has 0 aliphatic carbocycles. The summed E-state index contributed by atoms with van der Waals surface area (Å²) in [5.41, 5.74) is 6.51. The van der Waals surface area contributed by atoms with Crippen LogP contribution < -0.4 is 10.5 Å². The van der Waals surface area contributed by atoms with Gasteiger partial charge in [-0.2, -0.15) is 0 Å². The van der Waals surface area contributed by atoms with E-state index in [1.165, 1.54) is 0 Å². The number of nitrogens with zero attached hydrogens (tertiary/aromatic N) is 1. The molecule has 1 saturated heterocycles. The molecule has 1 fully saturated rings. The highest BCUT2D eigenvalue weighted by molar-refractivity contribution is 5.94. The Kier molecular flexibility index (Phi) is 5.01. The van der Waals surface area contributed by atoms with Crippen molar-refractivity contribution in [1.29, 1.82) is 0 Å². The zero-order chi connectivity index (χ0) is 14.5. The summed E-state index contributed by atoms with van der Waals surface area (Å²) in [6.07, 6.45) is 2.04. The molecule has 1 aliphatic heterocycles. The molecule has 2 N–H and O–H groups in total. The van der Waals surface area contributed by atoms with Crippen LogP contribution in [-0.4, -0.2) is 36.5 Å². The molecule has 0 radical (unpaired) electrons. The lowest BCUT2D eigenvalue weighted by Gasteiger charge is -2.38. The number of rotatable bonds is 4. The van der Waals surface area contributed by atoms with Crippen LogP contribution in [0, 0.1) is 5.92 Å². The van der Waals surface area contributed by atoms with Gasteiger partial charge in [0.2, 0.25) is 0 Å². The SMILES string of the molecule is CCOc1cccc(C(=O)N2CCC(C)CC2CN)c1. The molecule has 1 aromatic rings. The van der Waals surface area contributed by atoms with Crippen molar-refractivity contribution in [3.05, 3.63) is 29.8 Å². The molecule has 4 nitrogen and oxygen atoms in total. The summed E-state index contributed by atoms with van der Waals surface area (Å²) in [6.45, 7) is 6.08. The Bertz CT molecular complexity index is 462. The highest BCUT2D eigenvalue weighted by Gasteiger charge is 2.29. The van der Waals surface area contributed by atoms with E-state index in [2.05, 4.69) is 6.92 Å². The number of carbonyl (C=O) groups is 1. The van der Waals surface area contributed by atoms with Crippen LogP contribution in [0.5, 0.6) is 5.75 Å². The number of piperidine rings is 1. The van der Waals surface area contributed by atoms with Crippen molar-refractivity contribution in [3.63, 3.8) is 0 Å². The van der Waals surface area contributed by atoms with Gasteiger partial charge in [-0.1, -0.05) is 13.0 Å². The van der Waals surface area contributed by atoms with Crippen LogP contribution in [0.2, 0.25) is 0 Å². The molecule has 1 heterocycles. The molecule has 0 aromatic heterocycles. The number of amides is 1. The number of benzene rings is 1. The van der Waals surface area contributed by atoms with Gasteiger partial charge in [-0.25, -0.2) is 0 Å². The normalized spacial score (nSPS) is 22.6. The quantitative estimate of drug-likeness (QED) is 0.918. The molecule has 1 aromatic carbocycles. The predicted octanol–water partition coefficient (Wildman–Crippen LogP) is 2.28. The Morgan fingerprint density at radius 2 is 2.30 bits per heavy atom. The Balaban J connectivity index is 2.15.